The summed E-state index contributed by atoms with van der Waals surface area (Å²) in [5.41, 5.74) is 0.426. The van der Waals surface area contributed by atoms with Gasteiger partial charge in [-0.05, 0) is 55.7 Å². The highest BCUT2D eigenvalue weighted by Gasteiger charge is 2.51. The van der Waals surface area contributed by atoms with Crippen LogP contribution in [0.15, 0.2) is 47.4 Å². The molecule has 0 radical (unpaired) electrons. The summed E-state index contributed by atoms with van der Waals surface area (Å²) in [6.45, 7) is 6.30. The third-order valence-corrected chi connectivity index (χ3v) is 7.48. The molecule has 0 unspecified atom stereocenters. The van der Waals surface area contributed by atoms with Crippen molar-refractivity contribution in [3.63, 3.8) is 0 Å². The predicted molar refractivity (Wildman–Crippen MR) is 114 cm³/mol. The van der Waals surface area contributed by atoms with Crippen LogP contribution in [0.3, 0.4) is 0 Å². The summed E-state index contributed by atoms with van der Waals surface area (Å²) in [6.07, 6.45) is 1.32. The Morgan fingerprint density at radius 3 is 2.27 bits per heavy atom. The topological polar surface area (TPSA) is 75.7 Å². The first-order valence-corrected chi connectivity index (χ1v) is 11.6. The van der Waals surface area contributed by atoms with E-state index in [1.54, 1.807) is 45.0 Å². The normalized spacial score (nSPS) is 15.1. The van der Waals surface area contributed by atoms with Crippen LogP contribution in [-0.2, 0) is 20.2 Å². The van der Waals surface area contributed by atoms with Crippen molar-refractivity contribution in [3.05, 3.63) is 53.8 Å². The van der Waals surface area contributed by atoms with Crippen LogP contribution in [-0.4, -0.2) is 38.3 Å². The fourth-order valence-corrected chi connectivity index (χ4v) is 5.17. The highest BCUT2D eigenvalue weighted by molar-refractivity contribution is 7.89. The molecule has 8 heteroatoms. The van der Waals surface area contributed by atoms with Crippen LogP contribution in [0.1, 0.15) is 39.2 Å². The van der Waals surface area contributed by atoms with Crippen molar-refractivity contribution in [3.8, 4) is 5.75 Å². The molecule has 162 valence electrons. The molecule has 1 aliphatic rings. The molecule has 0 aromatic heterocycles. The number of nitrogens with zero attached hydrogens (tertiary/aromatic N) is 1. The van der Waals surface area contributed by atoms with E-state index in [0.717, 1.165) is 5.56 Å². The number of benzene rings is 2. The lowest BCUT2D eigenvalue weighted by Gasteiger charge is -2.21. The summed E-state index contributed by atoms with van der Waals surface area (Å²) in [5, 5.41) is 2.84. The van der Waals surface area contributed by atoms with E-state index >= 15 is 0 Å². The first-order valence-electron chi connectivity index (χ1n) is 10.1. The lowest BCUT2D eigenvalue weighted by molar-refractivity contribution is -0.118. The van der Waals surface area contributed by atoms with Crippen LogP contribution in [0.5, 0.6) is 5.75 Å². The predicted octanol–water partition coefficient (Wildman–Crippen LogP) is 3.93. The van der Waals surface area contributed by atoms with Crippen LogP contribution >= 0.6 is 0 Å². The van der Waals surface area contributed by atoms with Crippen molar-refractivity contribution in [2.24, 2.45) is 0 Å². The first-order chi connectivity index (χ1) is 14.3. The van der Waals surface area contributed by atoms with Gasteiger partial charge in [-0.1, -0.05) is 26.0 Å². The van der Waals surface area contributed by atoms with Gasteiger partial charge in [0.15, 0.2) is 0 Å². The van der Waals surface area contributed by atoms with E-state index in [0.29, 0.717) is 38.2 Å². The Labute approximate surface area is 177 Å². The Morgan fingerprint density at radius 2 is 1.73 bits per heavy atom. The van der Waals surface area contributed by atoms with Crippen molar-refractivity contribution in [1.82, 2.24) is 4.31 Å². The molecule has 1 fully saturated rings. The van der Waals surface area contributed by atoms with E-state index in [2.05, 4.69) is 5.32 Å². The number of hydrogen-bond acceptors (Lipinski definition) is 4. The molecule has 0 spiro atoms. The summed E-state index contributed by atoms with van der Waals surface area (Å²) >= 11 is 0. The standard InChI is InChI=1S/C22H27FN2O4S/c1-4-25(5-2)30(27,28)20-15-18(11-12-19(20)29-6-3)24-21(26)22(13-14-22)16-7-9-17(23)10-8-16/h7-12,15H,4-6,13-14H2,1-3H3,(H,24,26). The Bertz CT molecular complexity index is 1010. The van der Waals surface area contributed by atoms with E-state index in [-0.39, 0.29) is 22.4 Å². The highest BCUT2D eigenvalue weighted by Crippen LogP contribution is 2.49. The third-order valence-electron chi connectivity index (χ3n) is 5.41. The summed E-state index contributed by atoms with van der Waals surface area (Å²) in [7, 11) is -3.77. The average molecular weight is 435 g/mol. The molecule has 0 aliphatic heterocycles. The minimum Gasteiger partial charge on any atom is -0.492 e. The van der Waals surface area contributed by atoms with Gasteiger partial charge in [-0.3, -0.25) is 4.79 Å². The van der Waals surface area contributed by atoms with Crippen molar-refractivity contribution >= 4 is 21.6 Å². The van der Waals surface area contributed by atoms with E-state index in [4.69, 9.17) is 4.74 Å². The molecule has 2 aromatic rings. The SMILES string of the molecule is CCOc1ccc(NC(=O)C2(c3ccc(F)cc3)CC2)cc1S(=O)(=O)N(CC)CC. The Hall–Kier alpha value is -2.45. The van der Waals surface area contributed by atoms with Gasteiger partial charge >= 0.3 is 0 Å². The highest BCUT2D eigenvalue weighted by atomic mass is 32.2. The number of rotatable bonds is 9. The van der Waals surface area contributed by atoms with E-state index in [1.165, 1.54) is 22.5 Å². The Morgan fingerprint density at radius 1 is 1.10 bits per heavy atom. The number of sulfonamides is 1. The molecule has 1 saturated carbocycles. The maximum Gasteiger partial charge on any atom is 0.246 e. The number of carbonyl (C=O) groups is 1. The summed E-state index contributed by atoms with van der Waals surface area (Å²) in [6, 6.07) is 10.6. The molecule has 1 amide bonds. The zero-order valence-corrected chi connectivity index (χ0v) is 18.3. The summed E-state index contributed by atoms with van der Waals surface area (Å²) < 4.78 is 46.3. The van der Waals surface area contributed by atoms with Crippen molar-refractivity contribution in [2.75, 3.05) is 25.0 Å². The second kappa shape index (κ2) is 8.73. The van der Waals surface area contributed by atoms with E-state index in [9.17, 15) is 17.6 Å². The number of anilines is 1. The smallest absolute Gasteiger partial charge is 0.246 e. The van der Waals surface area contributed by atoms with Gasteiger partial charge in [0.1, 0.15) is 16.5 Å². The number of halogens is 1. The minimum atomic E-state index is -3.77. The quantitative estimate of drug-likeness (QED) is 0.649. The molecular formula is C22H27FN2O4S. The molecule has 0 bridgehead atoms. The Balaban J connectivity index is 1.92. The van der Waals surface area contributed by atoms with Gasteiger partial charge in [0, 0.05) is 18.8 Å². The molecule has 1 N–H and O–H groups in total. The molecule has 3 rings (SSSR count). The van der Waals surface area contributed by atoms with Crippen LogP contribution in [0.25, 0.3) is 0 Å². The largest absolute Gasteiger partial charge is 0.492 e. The fourth-order valence-electron chi connectivity index (χ4n) is 3.56. The molecule has 0 heterocycles. The fraction of sp³-hybridized carbons (Fsp3) is 0.409. The lowest BCUT2D eigenvalue weighted by atomic mass is 9.95. The van der Waals surface area contributed by atoms with Crippen LogP contribution in [0.4, 0.5) is 10.1 Å². The maximum atomic E-state index is 13.3. The Kier molecular flexibility index (Phi) is 6.47. The van der Waals surface area contributed by atoms with Gasteiger partial charge in [-0.15, -0.1) is 0 Å². The summed E-state index contributed by atoms with van der Waals surface area (Å²) in [4.78, 5) is 13.0. The number of amides is 1. The van der Waals surface area contributed by atoms with Crippen LogP contribution in [0, 0.1) is 5.82 Å². The first kappa shape index (κ1) is 22.2. The van der Waals surface area contributed by atoms with Gasteiger partial charge in [-0.2, -0.15) is 4.31 Å². The molecular weight excluding hydrogens is 407 g/mol. The summed E-state index contributed by atoms with van der Waals surface area (Å²) in [5.74, 6) is -0.334. The molecule has 1 aliphatic carbocycles. The number of carbonyl (C=O) groups excluding carboxylic acids is 1. The number of hydrogen-bond donors (Lipinski definition) is 1. The van der Waals surface area contributed by atoms with Crippen LogP contribution < -0.4 is 10.1 Å². The second-order valence-electron chi connectivity index (χ2n) is 7.23. The molecule has 6 nitrogen and oxygen atoms in total. The molecule has 0 atom stereocenters. The molecule has 0 saturated heterocycles. The molecule has 30 heavy (non-hydrogen) atoms. The zero-order valence-electron chi connectivity index (χ0n) is 17.4. The van der Waals surface area contributed by atoms with Gasteiger partial charge in [-0.25, -0.2) is 12.8 Å². The second-order valence-corrected chi connectivity index (χ2v) is 9.13. The van der Waals surface area contributed by atoms with E-state index < -0.39 is 15.4 Å². The van der Waals surface area contributed by atoms with Gasteiger partial charge < -0.3 is 10.1 Å². The zero-order chi connectivity index (χ0) is 21.9. The van der Waals surface area contributed by atoms with Crippen LogP contribution in [0.2, 0.25) is 0 Å². The van der Waals surface area contributed by atoms with Crippen molar-refractivity contribution in [1.29, 1.82) is 0 Å². The maximum absolute atomic E-state index is 13.3. The third kappa shape index (κ3) is 4.20. The van der Waals surface area contributed by atoms with E-state index in [1.807, 2.05) is 0 Å². The van der Waals surface area contributed by atoms with Crippen molar-refractivity contribution < 1.29 is 22.3 Å². The van der Waals surface area contributed by atoms with Gasteiger partial charge in [0.25, 0.3) is 0 Å². The average Bonchev–Trinajstić information content (AvgIpc) is 3.52. The lowest BCUT2D eigenvalue weighted by Crippen LogP contribution is -2.31. The van der Waals surface area contributed by atoms with Gasteiger partial charge in [0.2, 0.25) is 15.9 Å². The van der Waals surface area contributed by atoms with Crippen molar-refractivity contribution in [2.45, 2.75) is 43.9 Å². The molecule has 2 aromatic carbocycles. The van der Waals surface area contributed by atoms with Gasteiger partial charge in [0.05, 0.1) is 12.0 Å². The minimum absolute atomic E-state index is 0.0254. The monoisotopic (exact) mass is 434 g/mol. The number of ether oxygens (including phenoxy) is 1. The number of nitrogens with one attached hydrogen (secondary N) is 1.